The number of anilines is 1. The molecule has 0 saturated carbocycles. The van der Waals surface area contributed by atoms with Gasteiger partial charge in [-0.25, -0.2) is 12.7 Å². The Morgan fingerprint density at radius 3 is 2.53 bits per heavy atom. The lowest BCUT2D eigenvalue weighted by molar-refractivity contribution is -0.120. The molecular formula is C23H26N4O3S2. The fourth-order valence-corrected chi connectivity index (χ4v) is 6.15. The first kappa shape index (κ1) is 22.6. The van der Waals surface area contributed by atoms with Crippen LogP contribution in [0.5, 0.6) is 0 Å². The largest absolute Gasteiger partial charge is 0.300 e. The minimum Gasteiger partial charge on any atom is -0.300 e. The third-order valence-corrected chi connectivity index (χ3v) is 8.35. The number of hydrogen-bond donors (Lipinski definition) is 1. The molecule has 1 fully saturated rings. The van der Waals surface area contributed by atoms with E-state index in [0.29, 0.717) is 30.9 Å². The molecule has 1 aliphatic rings. The fourth-order valence-electron chi connectivity index (χ4n) is 3.82. The Kier molecular flexibility index (Phi) is 7.29. The van der Waals surface area contributed by atoms with E-state index in [4.69, 9.17) is 0 Å². The molecule has 1 saturated heterocycles. The normalized spacial score (nSPS) is 17.2. The first-order chi connectivity index (χ1) is 15.5. The molecule has 0 bridgehead atoms. The van der Waals surface area contributed by atoms with Gasteiger partial charge in [-0.2, -0.15) is 0 Å². The van der Waals surface area contributed by atoms with Gasteiger partial charge in [-0.3, -0.25) is 4.79 Å². The molecule has 2 aromatic carbocycles. The van der Waals surface area contributed by atoms with Crippen LogP contribution in [-0.2, 0) is 21.2 Å². The van der Waals surface area contributed by atoms with Gasteiger partial charge in [0, 0.05) is 18.7 Å². The second-order valence-electron chi connectivity index (χ2n) is 7.87. The van der Waals surface area contributed by atoms with Crippen molar-refractivity contribution in [1.82, 2.24) is 14.5 Å². The van der Waals surface area contributed by atoms with Gasteiger partial charge in [-0.1, -0.05) is 72.0 Å². The zero-order valence-electron chi connectivity index (χ0n) is 17.7. The summed E-state index contributed by atoms with van der Waals surface area (Å²) in [5.74, 6) is -0.505. The summed E-state index contributed by atoms with van der Waals surface area (Å²) in [4.78, 5) is 12.8. The van der Waals surface area contributed by atoms with Gasteiger partial charge in [0.15, 0.2) is 0 Å². The molecule has 1 atom stereocenters. The zero-order valence-corrected chi connectivity index (χ0v) is 19.3. The van der Waals surface area contributed by atoms with Crippen LogP contribution in [0.3, 0.4) is 0 Å². The molecule has 7 nitrogen and oxygen atoms in total. The van der Waals surface area contributed by atoms with Crippen molar-refractivity contribution in [2.75, 3.05) is 24.2 Å². The maximum absolute atomic E-state index is 12.8. The van der Waals surface area contributed by atoms with Crippen LogP contribution in [-0.4, -0.2) is 47.7 Å². The molecule has 0 aliphatic carbocycles. The topological polar surface area (TPSA) is 92.3 Å². The Morgan fingerprint density at radius 1 is 1.06 bits per heavy atom. The number of rotatable bonds is 8. The number of amides is 1. The predicted molar refractivity (Wildman–Crippen MR) is 127 cm³/mol. The molecule has 32 heavy (non-hydrogen) atoms. The summed E-state index contributed by atoms with van der Waals surface area (Å²) in [5, 5.41) is 12.2. The van der Waals surface area contributed by atoms with Gasteiger partial charge < -0.3 is 5.32 Å². The third kappa shape index (κ3) is 5.79. The first-order valence-corrected chi connectivity index (χ1v) is 13.2. The Labute approximate surface area is 192 Å². The monoisotopic (exact) mass is 470 g/mol. The van der Waals surface area contributed by atoms with Crippen molar-refractivity contribution in [2.24, 2.45) is 5.92 Å². The van der Waals surface area contributed by atoms with E-state index in [9.17, 15) is 13.2 Å². The van der Waals surface area contributed by atoms with E-state index in [1.165, 1.54) is 15.6 Å². The average Bonchev–Trinajstić information content (AvgIpc) is 3.29. The Balaban J connectivity index is 1.32. The highest BCUT2D eigenvalue weighted by atomic mass is 32.2. The van der Waals surface area contributed by atoms with Crippen molar-refractivity contribution in [3.05, 3.63) is 66.2 Å². The quantitative estimate of drug-likeness (QED) is 0.540. The highest BCUT2D eigenvalue weighted by Crippen LogP contribution is 2.27. The Morgan fingerprint density at radius 2 is 1.78 bits per heavy atom. The van der Waals surface area contributed by atoms with E-state index < -0.39 is 15.9 Å². The summed E-state index contributed by atoms with van der Waals surface area (Å²) in [6.07, 6.45) is 2.61. The second-order valence-corrected chi connectivity index (χ2v) is 10.9. The number of hydrogen-bond acceptors (Lipinski definition) is 6. The number of aromatic nitrogens is 2. The smallest absolute Gasteiger partial charge is 0.230 e. The Bertz CT molecular complexity index is 1130. The van der Waals surface area contributed by atoms with Crippen molar-refractivity contribution in [2.45, 2.75) is 25.7 Å². The molecule has 2 heterocycles. The second kappa shape index (κ2) is 10.3. The number of nitrogens with one attached hydrogen (secondary N) is 1. The van der Waals surface area contributed by atoms with E-state index in [0.717, 1.165) is 22.6 Å². The molecule has 1 amide bonds. The van der Waals surface area contributed by atoms with E-state index in [-0.39, 0.29) is 18.2 Å². The van der Waals surface area contributed by atoms with E-state index in [1.807, 2.05) is 60.7 Å². The molecule has 4 rings (SSSR count). The molecule has 0 unspecified atom stereocenters. The lowest BCUT2D eigenvalue weighted by atomic mass is 9.99. The van der Waals surface area contributed by atoms with Gasteiger partial charge in [0.1, 0.15) is 5.01 Å². The summed E-state index contributed by atoms with van der Waals surface area (Å²) < 4.78 is 27.1. The molecule has 0 spiro atoms. The fraction of sp³-hybridized carbons (Fsp3) is 0.348. The van der Waals surface area contributed by atoms with Gasteiger partial charge in [0.25, 0.3) is 0 Å². The van der Waals surface area contributed by atoms with Crippen LogP contribution in [0.4, 0.5) is 5.13 Å². The van der Waals surface area contributed by atoms with Crippen LogP contribution >= 0.6 is 11.3 Å². The number of aryl methyl sites for hydroxylation is 1. The summed E-state index contributed by atoms with van der Waals surface area (Å²) in [6, 6.07) is 19.5. The van der Waals surface area contributed by atoms with Crippen LogP contribution in [0.25, 0.3) is 10.6 Å². The predicted octanol–water partition coefficient (Wildman–Crippen LogP) is 3.82. The van der Waals surface area contributed by atoms with Crippen LogP contribution in [0.2, 0.25) is 0 Å². The van der Waals surface area contributed by atoms with Crippen LogP contribution < -0.4 is 5.32 Å². The Hall–Kier alpha value is -2.62. The van der Waals surface area contributed by atoms with Crippen LogP contribution in [0.15, 0.2) is 60.7 Å². The summed E-state index contributed by atoms with van der Waals surface area (Å²) in [7, 11) is -3.40. The van der Waals surface area contributed by atoms with Gasteiger partial charge in [0.05, 0.1) is 11.7 Å². The number of sulfonamides is 1. The van der Waals surface area contributed by atoms with Crippen LogP contribution in [0.1, 0.15) is 24.8 Å². The minimum absolute atomic E-state index is 0.0903. The molecule has 9 heteroatoms. The van der Waals surface area contributed by atoms with Gasteiger partial charge in [-0.05, 0) is 31.2 Å². The highest BCUT2D eigenvalue weighted by molar-refractivity contribution is 7.89. The molecule has 1 aromatic heterocycles. The van der Waals surface area contributed by atoms with Gasteiger partial charge in [0.2, 0.25) is 21.1 Å². The van der Waals surface area contributed by atoms with Gasteiger partial charge >= 0.3 is 0 Å². The number of benzene rings is 2. The SMILES string of the molecule is O=C(Nc1nnc(-c2ccccc2)s1)[C@@H]1CCCN(S(=O)(=O)CCCc2ccccc2)C1. The van der Waals surface area contributed by atoms with Crippen LogP contribution in [0, 0.1) is 5.92 Å². The molecular weight excluding hydrogens is 444 g/mol. The minimum atomic E-state index is -3.40. The van der Waals surface area contributed by atoms with E-state index in [1.54, 1.807) is 0 Å². The van der Waals surface area contributed by atoms with Crippen molar-refractivity contribution < 1.29 is 13.2 Å². The number of nitrogens with zero attached hydrogens (tertiary/aromatic N) is 3. The molecule has 1 aliphatic heterocycles. The van der Waals surface area contributed by atoms with E-state index >= 15 is 0 Å². The maximum Gasteiger partial charge on any atom is 0.230 e. The third-order valence-electron chi connectivity index (χ3n) is 5.53. The number of carbonyl (C=O) groups excluding carboxylic acids is 1. The lowest BCUT2D eigenvalue weighted by Crippen LogP contribution is -2.44. The summed E-state index contributed by atoms with van der Waals surface area (Å²) >= 11 is 1.31. The first-order valence-electron chi connectivity index (χ1n) is 10.7. The van der Waals surface area contributed by atoms with Crippen molar-refractivity contribution >= 4 is 32.4 Å². The molecule has 0 radical (unpaired) electrons. The highest BCUT2D eigenvalue weighted by Gasteiger charge is 2.32. The lowest BCUT2D eigenvalue weighted by Gasteiger charge is -2.31. The number of piperidine rings is 1. The standard InChI is InChI=1S/C23H26N4O3S2/c28-21(24-23-26-25-22(31-23)19-12-5-2-6-13-19)20-14-7-15-27(17-20)32(29,30)16-8-11-18-9-3-1-4-10-18/h1-6,9-10,12-13,20H,7-8,11,14-17H2,(H,24,26,28)/t20-/m1/s1. The maximum atomic E-state index is 12.8. The van der Waals surface area contributed by atoms with E-state index in [2.05, 4.69) is 15.5 Å². The van der Waals surface area contributed by atoms with Crippen molar-refractivity contribution in [3.63, 3.8) is 0 Å². The molecule has 3 aromatic rings. The molecule has 1 N–H and O–H groups in total. The summed E-state index contributed by atoms with van der Waals surface area (Å²) in [6.45, 7) is 0.679. The van der Waals surface area contributed by atoms with Crippen molar-refractivity contribution in [3.8, 4) is 10.6 Å². The van der Waals surface area contributed by atoms with Crippen molar-refractivity contribution in [1.29, 1.82) is 0 Å². The summed E-state index contributed by atoms with van der Waals surface area (Å²) in [5.41, 5.74) is 2.07. The zero-order chi connectivity index (χ0) is 22.4. The molecule has 168 valence electrons. The number of carbonyl (C=O) groups is 1. The average molecular weight is 471 g/mol. The van der Waals surface area contributed by atoms with Gasteiger partial charge in [-0.15, -0.1) is 10.2 Å².